The minimum absolute atomic E-state index is 0.182. The number of allylic oxidation sites excluding steroid dienone is 3. The molecule has 0 bridgehead atoms. The van der Waals surface area contributed by atoms with Gasteiger partial charge in [-0.05, 0) is 44.8 Å². The van der Waals surface area contributed by atoms with Crippen LogP contribution in [0.4, 0.5) is 4.39 Å². The van der Waals surface area contributed by atoms with Crippen LogP contribution in [-0.4, -0.2) is 31.1 Å². The smallest absolute Gasteiger partial charge is 0.117 e. The van der Waals surface area contributed by atoms with Gasteiger partial charge in [0.05, 0.1) is 6.61 Å². The van der Waals surface area contributed by atoms with E-state index in [-0.39, 0.29) is 5.83 Å². The van der Waals surface area contributed by atoms with Gasteiger partial charge >= 0.3 is 0 Å². The van der Waals surface area contributed by atoms with Crippen LogP contribution < -0.4 is 0 Å². The summed E-state index contributed by atoms with van der Waals surface area (Å²) in [4.78, 5) is 2.49. The SMILES string of the molecule is FC1=CC(OCCCN2CCCCC2)=CC[CH]1. The Morgan fingerprint density at radius 3 is 2.82 bits per heavy atom. The molecule has 3 heteroatoms. The highest BCUT2D eigenvalue weighted by Gasteiger charge is 2.09. The molecule has 1 aliphatic heterocycles. The molecule has 1 saturated heterocycles. The molecule has 1 heterocycles. The predicted octanol–water partition coefficient (Wildman–Crippen LogP) is 3.22. The molecule has 2 nitrogen and oxygen atoms in total. The number of piperidine rings is 1. The van der Waals surface area contributed by atoms with Gasteiger partial charge in [-0.15, -0.1) is 0 Å². The van der Waals surface area contributed by atoms with Crippen LogP contribution >= 0.6 is 0 Å². The molecular weight excluding hydrogens is 217 g/mol. The van der Waals surface area contributed by atoms with Gasteiger partial charge in [-0.1, -0.05) is 6.42 Å². The number of hydrogen-bond donors (Lipinski definition) is 0. The first-order chi connectivity index (χ1) is 8.34. The van der Waals surface area contributed by atoms with Crippen LogP contribution in [0.15, 0.2) is 23.7 Å². The molecule has 17 heavy (non-hydrogen) atoms. The zero-order valence-corrected chi connectivity index (χ0v) is 10.3. The number of hydrogen-bond acceptors (Lipinski definition) is 2. The molecule has 2 aliphatic rings. The van der Waals surface area contributed by atoms with Gasteiger partial charge in [-0.25, -0.2) is 4.39 Å². The maximum absolute atomic E-state index is 12.9. The molecule has 0 N–H and O–H groups in total. The van der Waals surface area contributed by atoms with Gasteiger partial charge in [0.1, 0.15) is 11.6 Å². The number of ether oxygens (including phenoxy) is 1. The maximum atomic E-state index is 12.9. The molecule has 0 aromatic rings. The van der Waals surface area contributed by atoms with Crippen LogP contribution in [-0.2, 0) is 4.74 Å². The van der Waals surface area contributed by atoms with Crippen molar-refractivity contribution < 1.29 is 9.13 Å². The first kappa shape index (κ1) is 12.6. The molecule has 95 valence electrons. The van der Waals surface area contributed by atoms with Crippen molar-refractivity contribution in [3.8, 4) is 0 Å². The lowest BCUT2D eigenvalue weighted by Gasteiger charge is -2.26. The molecule has 0 atom stereocenters. The standard InChI is InChI=1S/C14H21FNO/c15-13-6-4-7-14(12-13)17-11-5-10-16-8-2-1-3-9-16/h6-7,12H,1-5,8-11H2. The Labute approximate surface area is 103 Å². The fourth-order valence-electron chi connectivity index (χ4n) is 2.30. The van der Waals surface area contributed by atoms with Crippen LogP contribution in [0.1, 0.15) is 32.1 Å². The summed E-state index contributed by atoms with van der Waals surface area (Å²) < 4.78 is 18.5. The Kier molecular flexibility index (Phi) is 5.05. The van der Waals surface area contributed by atoms with E-state index in [1.54, 1.807) is 6.42 Å². The van der Waals surface area contributed by atoms with Crippen molar-refractivity contribution in [2.24, 2.45) is 0 Å². The Morgan fingerprint density at radius 1 is 1.24 bits per heavy atom. The first-order valence-corrected chi connectivity index (χ1v) is 6.60. The van der Waals surface area contributed by atoms with Crippen molar-refractivity contribution in [1.82, 2.24) is 4.90 Å². The summed E-state index contributed by atoms with van der Waals surface area (Å²) in [6.45, 7) is 4.25. The van der Waals surface area contributed by atoms with Crippen LogP contribution in [0.25, 0.3) is 0 Å². The fourth-order valence-corrected chi connectivity index (χ4v) is 2.30. The van der Waals surface area contributed by atoms with Gasteiger partial charge in [0.25, 0.3) is 0 Å². The van der Waals surface area contributed by atoms with Crippen LogP contribution in [0.5, 0.6) is 0 Å². The van der Waals surface area contributed by atoms with E-state index >= 15 is 0 Å². The van der Waals surface area contributed by atoms with Crippen molar-refractivity contribution in [2.75, 3.05) is 26.2 Å². The topological polar surface area (TPSA) is 12.5 Å². The summed E-state index contributed by atoms with van der Waals surface area (Å²) >= 11 is 0. The average Bonchev–Trinajstić information content (AvgIpc) is 2.36. The number of halogens is 1. The summed E-state index contributed by atoms with van der Waals surface area (Å²) in [5, 5.41) is 0. The van der Waals surface area contributed by atoms with Gasteiger partial charge in [0.2, 0.25) is 0 Å². The van der Waals surface area contributed by atoms with Crippen LogP contribution in [0, 0.1) is 6.42 Å². The summed E-state index contributed by atoms with van der Waals surface area (Å²) in [6.07, 6.45) is 10.6. The minimum atomic E-state index is -0.182. The lowest BCUT2D eigenvalue weighted by Crippen LogP contribution is -2.31. The van der Waals surface area contributed by atoms with E-state index in [0.29, 0.717) is 18.8 Å². The molecule has 0 spiro atoms. The molecule has 0 saturated carbocycles. The predicted molar refractivity (Wildman–Crippen MR) is 67.1 cm³/mol. The second-order valence-electron chi connectivity index (χ2n) is 4.68. The molecule has 1 radical (unpaired) electrons. The zero-order chi connectivity index (χ0) is 11.9. The van der Waals surface area contributed by atoms with E-state index < -0.39 is 0 Å². The van der Waals surface area contributed by atoms with Crippen LogP contribution in [0.2, 0.25) is 0 Å². The van der Waals surface area contributed by atoms with Gasteiger partial charge in [0.15, 0.2) is 0 Å². The largest absolute Gasteiger partial charge is 0.494 e. The van der Waals surface area contributed by atoms with Gasteiger partial charge in [-0.2, -0.15) is 0 Å². The normalized spacial score (nSPS) is 21.9. The van der Waals surface area contributed by atoms with Crippen molar-refractivity contribution in [2.45, 2.75) is 32.1 Å². The summed E-state index contributed by atoms with van der Waals surface area (Å²) in [7, 11) is 0. The molecule has 0 amide bonds. The van der Waals surface area contributed by atoms with E-state index in [4.69, 9.17) is 4.74 Å². The summed E-state index contributed by atoms with van der Waals surface area (Å²) in [5.74, 6) is 0.502. The van der Waals surface area contributed by atoms with E-state index in [1.807, 2.05) is 6.08 Å². The average molecular weight is 238 g/mol. The maximum Gasteiger partial charge on any atom is 0.117 e. The number of likely N-dealkylation sites (tertiary alicyclic amines) is 1. The van der Waals surface area contributed by atoms with Crippen LogP contribution in [0.3, 0.4) is 0 Å². The van der Waals surface area contributed by atoms with Crippen molar-refractivity contribution in [3.63, 3.8) is 0 Å². The summed E-state index contributed by atoms with van der Waals surface area (Å²) in [5.41, 5.74) is 0. The molecule has 1 fully saturated rings. The number of nitrogens with zero attached hydrogens (tertiary/aromatic N) is 1. The van der Waals surface area contributed by atoms with Crippen molar-refractivity contribution in [3.05, 3.63) is 30.2 Å². The Morgan fingerprint density at radius 2 is 2.06 bits per heavy atom. The summed E-state index contributed by atoms with van der Waals surface area (Å²) in [6, 6.07) is 0. The van der Waals surface area contributed by atoms with E-state index in [2.05, 4.69) is 4.90 Å². The van der Waals surface area contributed by atoms with Gasteiger partial charge in [-0.3, -0.25) is 0 Å². The highest BCUT2D eigenvalue weighted by Crippen LogP contribution is 2.18. The van der Waals surface area contributed by atoms with E-state index in [1.165, 1.54) is 38.4 Å². The van der Waals surface area contributed by atoms with E-state index in [9.17, 15) is 4.39 Å². The van der Waals surface area contributed by atoms with E-state index in [0.717, 1.165) is 13.0 Å². The molecule has 1 aliphatic carbocycles. The fraction of sp³-hybridized carbons (Fsp3) is 0.643. The first-order valence-electron chi connectivity index (χ1n) is 6.60. The van der Waals surface area contributed by atoms with Gasteiger partial charge in [0, 0.05) is 19.0 Å². The Balaban J connectivity index is 1.58. The van der Waals surface area contributed by atoms with Crippen molar-refractivity contribution in [1.29, 1.82) is 0 Å². The number of rotatable bonds is 5. The quantitative estimate of drug-likeness (QED) is 0.682. The third-order valence-corrected chi connectivity index (χ3v) is 3.25. The molecule has 0 aromatic carbocycles. The third kappa shape index (κ3) is 4.50. The van der Waals surface area contributed by atoms with Gasteiger partial charge < -0.3 is 9.64 Å². The lowest BCUT2D eigenvalue weighted by molar-refractivity contribution is 0.175. The highest BCUT2D eigenvalue weighted by atomic mass is 19.1. The highest BCUT2D eigenvalue weighted by molar-refractivity contribution is 5.25. The molecular formula is C14H21FNO. The second-order valence-corrected chi connectivity index (χ2v) is 4.68. The molecule has 2 rings (SSSR count). The lowest BCUT2D eigenvalue weighted by atomic mass is 10.1. The zero-order valence-electron chi connectivity index (χ0n) is 10.3. The molecule has 0 unspecified atom stereocenters. The molecule has 0 aromatic heterocycles. The van der Waals surface area contributed by atoms with Crippen molar-refractivity contribution >= 4 is 0 Å². The monoisotopic (exact) mass is 238 g/mol. The minimum Gasteiger partial charge on any atom is -0.494 e. The third-order valence-electron chi connectivity index (χ3n) is 3.25. The Hall–Kier alpha value is -0.830. The second kappa shape index (κ2) is 6.80. The Bertz CT molecular complexity index is 293.